The van der Waals surface area contributed by atoms with E-state index in [4.69, 9.17) is 0 Å². The third-order valence-electron chi connectivity index (χ3n) is 3.41. The quantitative estimate of drug-likeness (QED) is 0.672. The number of carbonyl (C=O) groups excluding carboxylic acids is 1. The highest BCUT2D eigenvalue weighted by atomic mass is 19.2. The van der Waals surface area contributed by atoms with E-state index in [1.165, 1.54) is 19.4 Å². The van der Waals surface area contributed by atoms with Crippen molar-refractivity contribution in [2.45, 2.75) is 0 Å². The highest BCUT2D eigenvalue weighted by Gasteiger charge is 2.07. The first kappa shape index (κ1) is 17.3. The van der Waals surface area contributed by atoms with Crippen molar-refractivity contribution in [3.05, 3.63) is 71.9 Å². The minimum absolute atomic E-state index is 0.295. The van der Waals surface area contributed by atoms with Crippen molar-refractivity contribution in [1.29, 1.82) is 0 Å². The molecule has 6 nitrogen and oxygen atoms in total. The zero-order chi connectivity index (χ0) is 18.5. The van der Waals surface area contributed by atoms with Crippen molar-refractivity contribution in [3.8, 4) is 0 Å². The van der Waals surface area contributed by atoms with E-state index in [1.807, 2.05) is 0 Å². The Labute approximate surface area is 147 Å². The van der Waals surface area contributed by atoms with Gasteiger partial charge < -0.3 is 15.4 Å². The van der Waals surface area contributed by atoms with Gasteiger partial charge in [-0.25, -0.2) is 18.6 Å². The minimum atomic E-state index is -0.951. The summed E-state index contributed by atoms with van der Waals surface area (Å²) < 4.78 is 30.9. The van der Waals surface area contributed by atoms with Gasteiger partial charge in [0.2, 0.25) is 5.95 Å². The van der Waals surface area contributed by atoms with Crippen LogP contribution >= 0.6 is 0 Å². The topological polar surface area (TPSA) is 76.1 Å². The molecule has 0 amide bonds. The Bertz CT molecular complexity index is 933. The zero-order valence-corrected chi connectivity index (χ0v) is 13.7. The van der Waals surface area contributed by atoms with Gasteiger partial charge in [-0.05, 0) is 42.5 Å². The van der Waals surface area contributed by atoms with Crippen LogP contribution in [0.15, 0.2) is 54.7 Å². The number of rotatable bonds is 5. The number of hydrogen-bond donors (Lipinski definition) is 2. The summed E-state index contributed by atoms with van der Waals surface area (Å²) in [7, 11) is 1.31. The van der Waals surface area contributed by atoms with E-state index < -0.39 is 17.6 Å². The lowest BCUT2D eigenvalue weighted by atomic mass is 10.2. The third kappa shape index (κ3) is 4.10. The average Bonchev–Trinajstić information content (AvgIpc) is 2.65. The lowest BCUT2D eigenvalue weighted by molar-refractivity contribution is 0.0601. The van der Waals surface area contributed by atoms with Crippen LogP contribution < -0.4 is 10.6 Å². The molecule has 0 spiro atoms. The van der Waals surface area contributed by atoms with E-state index in [2.05, 4.69) is 25.3 Å². The minimum Gasteiger partial charge on any atom is -0.465 e. The standard InChI is InChI=1S/C18H14F2N4O2/c1-26-17(25)11-2-4-12(5-3-11)23-18-21-9-8-16(24-18)22-13-6-7-14(19)15(20)10-13/h2-10H,1H3,(H2,21,22,23,24). The van der Waals surface area contributed by atoms with Gasteiger partial charge in [0.1, 0.15) is 5.82 Å². The Morgan fingerprint density at radius 3 is 2.38 bits per heavy atom. The van der Waals surface area contributed by atoms with Crippen molar-refractivity contribution in [3.63, 3.8) is 0 Å². The Morgan fingerprint density at radius 1 is 0.962 bits per heavy atom. The highest BCUT2D eigenvalue weighted by Crippen LogP contribution is 2.19. The smallest absolute Gasteiger partial charge is 0.337 e. The predicted molar refractivity (Wildman–Crippen MR) is 92.7 cm³/mol. The van der Waals surface area contributed by atoms with Crippen molar-refractivity contribution < 1.29 is 18.3 Å². The molecule has 3 aromatic rings. The summed E-state index contributed by atoms with van der Waals surface area (Å²) in [5.41, 5.74) is 1.45. The normalized spacial score (nSPS) is 10.3. The molecule has 8 heteroatoms. The number of carbonyl (C=O) groups is 1. The number of nitrogens with zero attached hydrogens (tertiary/aromatic N) is 2. The first-order valence-corrected chi connectivity index (χ1v) is 7.55. The van der Waals surface area contributed by atoms with Crippen molar-refractivity contribution in [2.75, 3.05) is 17.7 Å². The SMILES string of the molecule is COC(=O)c1ccc(Nc2nccc(Nc3ccc(F)c(F)c3)n2)cc1. The van der Waals surface area contributed by atoms with E-state index in [9.17, 15) is 13.6 Å². The maximum atomic E-state index is 13.3. The molecular formula is C18H14F2N4O2. The van der Waals surface area contributed by atoms with Crippen molar-refractivity contribution >= 4 is 29.1 Å². The van der Waals surface area contributed by atoms with Crippen molar-refractivity contribution in [2.24, 2.45) is 0 Å². The maximum Gasteiger partial charge on any atom is 0.337 e. The average molecular weight is 356 g/mol. The molecule has 3 rings (SSSR count). The molecule has 0 radical (unpaired) electrons. The lowest BCUT2D eigenvalue weighted by Crippen LogP contribution is -2.02. The van der Waals surface area contributed by atoms with Gasteiger partial charge in [-0.2, -0.15) is 4.98 Å². The van der Waals surface area contributed by atoms with Gasteiger partial charge in [0.25, 0.3) is 0 Å². The number of nitrogens with one attached hydrogen (secondary N) is 2. The van der Waals surface area contributed by atoms with Gasteiger partial charge in [0.15, 0.2) is 11.6 Å². The van der Waals surface area contributed by atoms with Gasteiger partial charge in [-0.15, -0.1) is 0 Å². The zero-order valence-electron chi connectivity index (χ0n) is 13.7. The van der Waals surface area contributed by atoms with Gasteiger partial charge in [-0.3, -0.25) is 0 Å². The van der Waals surface area contributed by atoms with Gasteiger partial charge in [-0.1, -0.05) is 0 Å². The number of ether oxygens (including phenoxy) is 1. The second-order valence-corrected chi connectivity index (χ2v) is 5.21. The number of benzene rings is 2. The van der Waals surface area contributed by atoms with Crippen LogP contribution in [0.25, 0.3) is 0 Å². The summed E-state index contributed by atoms with van der Waals surface area (Å²) in [4.78, 5) is 19.8. The predicted octanol–water partition coefficient (Wildman–Crippen LogP) is 4.03. The number of halogens is 2. The van der Waals surface area contributed by atoms with Crippen LogP contribution in [0, 0.1) is 11.6 Å². The molecule has 1 heterocycles. The molecule has 2 aromatic carbocycles. The van der Waals surface area contributed by atoms with Crippen LogP contribution in [0.2, 0.25) is 0 Å². The fraction of sp³-hybridized carbons (Fsp3) is 0.0556. The Balaban J connectivity index is 1.72. The van der Waals surface area contributed by atoms with Gasteiger partial charge >= 0.3 is 5.97 Å². The number of anilines is 4. The second kappa shape index (κ2) is 7.56. The molecule has 0 unspecified atom stereocenters. The molecule has 0 bridgehead atoms. The van der Waals surface area contributed by atoms with Crippen LogP contribution in [-0.4, -0.2) is 23.0 Å². The van der Waals surface area contributed by atoms with E-state index in [0.29, 0.717) is 28.7 Å². The number of hydrogen-bond acceptors (Lipinski definition) is 6. The molecule has 0 atom stereocenters. The summed E-state index contributed by atoms with van der Waals surface area (Å²) in [6.07, 6.45) is 1.51. The fourth-order valence-corrected chi connectivity index (χ4v) is 2.15. The summed E-state index contributed by atoms with van der Waals surface area (Å²) in [5, 5.41) is 5.86. The van der Waals surface area contributed by atoms with E-state index >= 15 is 0 Å². The molecular weight excluding hydrogens is 342 g/mol. The molecule has 2 N–H and O–H groups in total. The van der Waals surface area contributed by atoms with Crippen LogP contribution in [-0.2, 0) is 4.74 Å². The fourth-order valence-electron chi connectivity index (χ4n) is 2.15. The Kier molecular flexibility index (Phi) is 5.02. The van der Waals surface area contributed by atoms with Gasteiger partial charge in [0, 0.05) is 23.6 Å². The Morgan fingerprint density at radius 2 is 1.69 bits per heavy atom. The highest BCUT2D eigenvalue weighted by molar-refractivity contribution is 5.89. The molecule has 0 aliphatic rings. The monoisotopic (exact) mass is 356 g/mol. The summed E-state index contributed by atoms with van der Waals surface area (Å²) in [6.45, 7) is 0. The van der Waals surface area contributed by atoms with E-state index in [0.717, 1.165) is 12.1 Å². The molecule has 0 saturated carbocycles. The number of aromatic nitrogens is 2. The molecule has 0 fully saturated rings. The first-order chi connectivity index (χ1) is 12.5. The number of esters is 1. The summed E-state index contributed by atoms with van der Waals surface area (Å²) >= 11 is 0. The van der Waals surface area contributed by atoms with E-state index in [-0.39, 0.29) is 0 Å². The van der Waals surface area contributed by atoms with Crippen LogP contribution in [0.1, 0.15) is 10.4 Å². The first-order valence-electron chi connectivity index (χ1n) is 7.55. The van der Waals surface area contributed by atoms with Crippen molar-refractivity contribution in [1.82, 2.24) is 9.97 Å². The van der Waals surface area contributed by atoms with Crippen LogP contribution in [0.3, 0.4) is 0 Å². The molecule has 1 aromatic heterocycles. The largest absolute Gasteiger partial charge is 0.465 e. The molecule has 0 aliphatic carbocycles. The van der Waals surface area contributed by atoms with Crippen LogP contribution in [0.5, 0.6) is 0 Å². The number of methoxy groups -OCH3 is 1. The molecule has 0 saturated heterocycles. The molecule has 26 heavy (non-hydrogen) atoms. The van der Waals surface area contributed by atoms with Crippen LogP contribution in [0.4, 0.5) is 31.9 Å². The molecule has 132 valence electrons. The molecule has 0 aliphatic heterocycles. The van der Waals surface area contributed by atoms with Gasteiger partial charge in [0.05, 0.1) is 12.7 Å². The third-order valence-corrected chi connectivity index (χ3v) is 3.41. The summed E-state index contributed by atoms with van der Waals surface area (Å²) in [6, 6.07) is 11.6. The maximum absolute atomic E-state index is 13.3. The van der Waals surface area contributed by atoms with E-state index in [1.54, 1.807) is 30.3 Å². The second-order valence-electron chi connectivity index (χ2n) is 5.21. The lowest BCUT2D eigenvalue weighted by Gasteiger charge is -2.09. The Hall–Kier alpha value is -3.55. The summed E-state index contributed by atoms with van der Waals surface area (Å²) in [5.74, 6) is -1.60.